The van der Waals surface area contributed by atoms with Crippen molar-refractivity contribution in [2.75, 3.05) is 38.2 Å². The van der Waals surface area contributed by atoms with Gasteiger partial charge in [-0.3, -0.25) is 9.52 Å². The monoisotopic (exact) mass is 285 g/mol. The number of hydrogen-bond donors (Lipinski definition) is 2. The predicted molar refractivity (Wildman–Crippen MR) is 75.8 cm³/mol. The van der Waals surface area contributed by atoms with E-state index in [4.69, 9.17) is 0 Å². The van der Waals surface area contributed by atoms with Crippen molar-refractivity contribution in [1.29, 1.82) is 0 Å². The quantitative estimate of drug-likeness (QED) is 0.790. The number of hydrogen-bond acceptors (Lipinski definition) is 4. The second-order valence-electron chi connectivity index (χ2n) is 4.25. The first-order valence-electron chi connectivity index (χ1n) is 5.82. The molecule has 1 rings (SSSR count). The maximum atomic E-state index is 12.2. The highest BCUT2D eigenvalue weighted by Crippen LogP contribution is 2.17. The molecule has 1 aromatic rings. The number of carbonyl (C=O) groups is 1. The molecule has 106 valence electrons. The van der Waals surface area contributed by atoms with Crippen LogP contribution < -0.4 is 10.0 Å². The summed E-state index contributed by atoms with van der Waals surface area (Å²) in [5.74, 6) is -0.220. The summed E-state index contributed by atoms with van der Waals surface area (Å²) >= 11 is 0. The molecule has 0 spiro atoms. The van der Waals surface area contributed by atoms with Gasteiger partial charge in [0.15, 0.2) is 0 Å². The molecule has 1 aromatic carbocycles. The normalized spacial score (nSPS) is 11.1. The number of amides is 1. The van der Waals surface area contributed by atoms with Gasteiger partial charge in [0.2, 0.25) is 10.0 Å². The van der Waals surface area contributed by atoms with Crippen molar-refractivity contribution in [3.05, 3.63) is 29.8 Å². The molecule has 0 heterocycles. The van der Waals surface area contributed by atoms with E-state index >= 15 is 0 Å². The first kappa shape index (κ1) is 15.5. The summed E-state index contributed by atoms with van der Waals surface area (Å²) in [6, 6.07) is 6.55. The molecule has 6 nitrogen and oxygen atoms in total. The lowest BCUT2D eigenvalue weighted by atomic mass is 10.1. The summed E-state index contributed by atoms with van der Waals surface area (Å²) in [6.07, 6.45) is 1.05. The molecule has 0 saturated carbocycles. The summed E-state index contributed by atoms with van der Waals surface area (Å²) < 4.78 is 24.9. The minimum absolute atomic E-state index is 0.220. The van der Waals surface area contributed by atoms with Gasteiger partial charge >= 0.3 is 0 Å². The fourth-order valence-electron chi connectivity index (χ4n) is 1.55. The Balaban J connectivity index is 2.97. The van der Waals surface area contributed by atoms with E-state index in [1.165, 1.54) is 0 Å². The number of sulfonamides is 1. The first-order valence-corrected chi connectivity index (χ1v) is 7.71. The maximum Gasteiger partial charge on any atom is 0.255 e. The lowest BCUT2D eigenvalue weighted by Crippen LogP contribution is -2.33. The molecular formula is C12H19N3O3S. The standard InChI is InChI=1S/C12H19N3O3S/c1-13-8-9-15(2)12(16)10-6-4-5-7-11(10)14-19(3,17)18/h4-7,13-14H,8-9H2,1-3H3. The molecule has 0 aromatic heterocycles. The zero-order chi connectivity index (χ0) is 14.5. The second-order valence-corrected chi connectivity index (χ2v) is 6.00. The Morgan fingerprint density at radius 1 is 1.32 bits per heavy atom. The zero-order valence-corrected chi connectivity index (χ0v) is 12.1. The van der Waals surface area contributed by atoms with Gasteiger partial charge in [0.05, 0.1) is 17.5 Å². The van der Waals surface area contributed by atoms with Gasteiger partial charge in [-0.25, -0.2) is 8.42 Å². The molecule has 0 aliphatic carbocycles. The van der Waals surface area contributed by atoms with Gasteiger partial charge in [0.1, 0.15) is 0 Å². The number of anilines is 1. The largest absolute Gasteiger partial charge is 0.340 e. The minimum Gasteiger partial charge on any atom is -0.340 e. The highest BCUT2D eigenvalue weighted by atomic mass is 32.2. The van der Waals surface area contributed by atoms with E-state index in [2.05, 4.69) is 10.0 Å². The third-order valence-electron chi connectivity index (χ3n) is 2.50. The first-order chi connectivity index (χ1) is 8.85. The maximum absolute atomic E-state index is 12.2. The fourth-order valence-corrected chi connectivity index (χ4v) is 2.12. The van der Waals surface area contributed by atoms with Gasteiger partial charge in [0, 0.05) is 20.1 Å². The van der Waals surface area contributed by atoms with Gasteiger partial charge in [0.25, 0.3) is 5.91 Å². The molecular weight excluding hydrogens is 266 g/mol. The number of likely N-dealkylation sites (N-methyl/N-ethyl adjacent to an activating group) is 2. The Bertz CT molecular complexity index is 543. The molecule has 0 saturated heterocycles. The molecule has 0 atom stereocenters. The average Bonchev–Trinajstić information content (AvgIpc) is 2.34. The van der Waals surface area contributed by atoms with Crippen molar-refractivity contribution >= 4 is 21.6 Å². The van der Waals surface area contributed by atoms with Crippen molar-refractivity contribution in [3.63, 3.8) is 0 Å². The van der Waals surface area contributed by atoms with Gasteiger partial charge in [-0.15, -0.1) is 0 Å². The predicted octanol–water partition coefficient (Wildman–Crippen LogP) is 0.349. The summed E-state index contributed by atoms with van der Waals surface area (Å²) in [7, 11) is 0.0716. The van der Waals surface area contributed by atoms with Crippen LogP contribution in [0.4, 0.5) is 5.69 Å². The van der Waals surface area contributed by atoms with Crippen LogP contribution in [0.5, 0.6) is 0 Å². The highest BCUT2D eigenvalue weighted by Gasteiger charge is 2.16. The van der Waals surface area contributed by atoms with Gasteiger partial charge in [-0.2, -0.15) is 0 Å². The van der Waals surface area contributed by atoms with Crippen LogP contribution in [-0.4, -0.2) is 52.7 Å². The molecule has 7 heteroatoms. The lowest BCUT2D eigenvalue weighted by Gasteiger charge is -2.19. The van der Waals surface area contributed by atoms with Crippen molar-refractivity contribution in [3.8, 4) is 0 Å². The third-order valence-corrected chi connectivity index (χ3v) is 3.09. The van der Waals surface area contributed by atoms with Crippen LogP contribution in [0.2, 0.25) is 0 Å². The van der Waals surface area contributed by atoms with Crippen molar-refractivity contribution in [2.45, 2.75) is 0 Å². The Morgan fingerprint density at radius 3 is 2.53 bits per heavy atom. The van der Waals surface area contributed by atoms with Crippen LogP contribution in [0.25, 0.3) is 0 Å². The van der Waals surface area contributed by atoms with Crippen LogP contribution >= 0.6 is 0 Å². The molecule has 0 fully saturated rings. The number of benzene rings is 1. The van der Waals surface area contributed by atoms with Gasteiger partial charge in [-0.1, -0.05) is 12.1 Å². The average molecular weight is 285 g/mol. The van der Waals surface area contributed by atoms with Crippen molar-refractivity contribution in [2.24, 2.45) is 0 Å². The summed E-state index contributed by atoms with van der Waals surface area (Å²) in [5.41, 5.74) is 0.637. The smallest absolute Gasteiger partial charge is 0.255 e. The van der Waals surface area contributed by atoms with E-state index in [1.54, 1.807) is 43.3 Å². The molecule has 0 unspecified atom stereocenters. The molecule has 0 aliphatic rings. The SMILES string of the molecule is CNCCN(C)C(=O)c1ccccc1NS(C)(=O)=O. The van der Waals surface area contributed by atoms with Crippen molar-refractivity contribution < 1.29 is 13.2 Å². The van der Waals surface area contributed by atoms with E-state index in [0.29, 0.717) is 24.3 Å². The van der Waals surface area contributed by atoms with E-state index in [0.717, 1.165) is 6.26 Å². The topological polar surface area (TPSA) is 78.5 Å². The molecule has 0 bridgehead atoms. The Morgan fingerprint density at radius 2 is 1.95 bits per heavy atom. The van der Waals surface area contributed by atoms with Crippen LogP contribution in [0.3, 0.4) is 0 Å². The lowest BCUT2D eigenvalue weighted by molar-refractivity contribution is 0.0798. The second kappa shape index (κ2) is 6.53. The Labute approximate surface area is 113 Å². The number of para-hydroxylation sites is 1. The Hall–Kier alpha value is -1.60. The van der Waals surface area contributed by atoms with Gasteiger partial charge in [-0.05, 0) is 19.2 Å². The van der Waals surface area contributed by atoms with Crippen molar-refractivity contribution in [1.82, 2.24) is 10.2 Å². The fraction of sp³-hybridized carbons (Fsp3) is 0.417. The number of carbonyl (C=O) groups excluding carboxylic acids is 1. The van der Waals surface area contributed by atoms with Gasteiger partial charge < -0.3 is 10.2 Å². The minimum atomic E-state index is -3.41. The number of nitrogens with one attached hydrogen (secondary N) is 2. The summed E-state index contributed by atoms with van der Waals surface area (Å²) in [6.45, 7) is 1.21. The molecule has 2 N–H and O–H groups in total. The van der Waals surface area contributed by atoms with Crippen LogP contribution in [0.15, 0.2) is 24.3 Å². The molecule has 0 aliphatic heterocycles. The van der Waals surface area contributed by atoms with E-state index in [1.807, 2.05) is 0 Å². The summed E-state index contributed by atoms with van der Waals surface area (Å²) in [4.78, 5) is 13.8. The molecule has 19 heavy (non-hydrogen) atoms. The van der Waals surface area contributed by atoms with E-state index in [9.17, 15) is 13.2 Å². The number of nitrogens with zero attached hydrogens (tertiary/aromatic N) is 1. The third kappa shape index (κ3) is 4.88. The van der Waals surface area contributed by atoms with Crippen LogP contribution in [-0.2, 0) is 10.0 Å². The zero-order valence-electron chi connectivity index (χ0n) is 11.3. The summed E-state index contributed by atoms with van der Waals surface area (Å²) in [5, 5.41) is 2.95. The number of rotatable bonds is 6. The molecule has 0 radical (unpaired) electrons. The van der Waals surface area contributed by atoms with E-state index < -0.39 is 10.0 Å². The molecule has 1 amide bonds. The van der Waals surface area contributed by atoms with E-state index in [-0.39, 0.29) is 5.91 Å². The van der Waals surface area contributed by atoms with Crippen LogP contribution in [0.1, 0.15) is 10.4 Å². The Kier molecular flexibility index (Phi) is 5.31. The highest BCUT2D eigenvalue weighted by molar-refractivity contribution is 7.92. The van der Waals surface area contributed by atoms with Crippen LogP contribution in [0, 0.1) is 0 Å².